The van der Waals surface area contributed by atoms with E-state index in [0.29, 0.717) is 0 Å². The Balaban J connectivity index is 1.46. The molecule has 0 aliphatic carbocycles. The first kappa shape index (κ1) is 15.3. The highest BCUT2D eigenvalue weighted by molar-refractivity contribution is 7.10. The molecule has 6 nitrogen and oxygen atoms in total. The van der Waals surface area contributed by atoms with Crippen molar-refractivity contribution >= 4 is 22.7 Å². The van der Waals surface area contributed by atoms with Gasteiger partial charge in [-0.25, -0.2) is 0 Å². The van der Waals surface area contributed by atoms with Crippen LogP contribution in [-0.4, -0.2) is 39.5 Å². The Morgan fingerprint density at radius 2 is 2.20 bits per heavy atom. The van der Waals surface area contributed by atoms with Crippen molar-refractivity contribution in [3.63, 3.8) is 0 Å². The van der Waals surface area contributed by atoms with Crippen molar-refractivity contribution in [2.24, 2.45) is 0 Å². The number of ether oxygens (including phenoxy) is 1. The molecule has 0 amide bonds. The molecule has 130 valence electrons. The van der Waals surface area contributed by atoms with E-state index < -0.39 is 0 Å². The fraction of sp³-hybridized carbons (Fsp3) is 0.500. The summed E-state index contributed by atoms with van der Waals surface area (Å²) in [5.74, 6) is 0. The maximum absolute atomic E-state index is 6.33. The summed E-state index contributed by atoms with van der Waals surface area (Å²) in [5.41, 5.74) is 4.39. The van der Waals surface area contributed by atoms with E-state index in [0.717, 1.165) is 62.4 Å². The van der Waals surface area contributed by atoms with Crippen LogP contribution in [0, 0.1) is 0 Å². The quantitative estimate of drug-likeness (QED) is 0.707. The number of fused-ring (bicyclic) bond motifs is 3. The molecule has 0 aromatic carbocycles. The van der Waals surface area contributed by atoms with Gasteiger partial charge in [-0.1, -0.05) is 6.92 Å². The van der Waals surface area contributed by atoms with Crippen molar-refractivity contribution in [3.05, 3.63) is 40.0 Å². The second kappa shape index (κ2) is 5.78. The van der Waals surface area contributed by atoms with E-state index in [-0.39, 0.29) is 5.60 Å². The second-order valence-corrected chi connectivity index (χ2v) is 7.81. The average Bonchev–Trinajstić information content (AvgIpc) is 3.31. The number of aryl methyl sites for hydroxylation is 1. The predicted molar refractivity (Wildman–Crippen MR) is 97.3 cm³/mol. The van der Waals surface area contributed by atoms with Crippen LogP contribution in [0.2, 0.25) is 0 Å². The van der Waals surface area contributed by atoms with Crippen molar-refractivity contribution in [1.29, 1.82) is 0 Å². The van der Waals surface area contributed by atoms with Gasteiger partial charge in [0, 0.05) is 24.4 Å². The zero-order valence-electron chi connectivity index (χ0n) is 14.3. The lowest BCUT2D eigenvalue weighted by atomic mass is 9.82. The van der Waals surface area contributed by atoms with Crippen LogP contribution in [0.3, 0.4) is 0 Å². The van der Waals surface area contributed by atoms with Crippen molar-refractivity contribution < 1.29 is 4.74 Å². The standard InChI is InChI=1S/C18H21N5OS/c1-2-13-11-15(17-20-19-12-23(17)21-13)22-7-5-18(6-8-22)14-4-10-25-16(14)3-9-24-18/h4,10-12H,2-3,5-9H2,1H3. The number of anilines is 1. The molecule has 3 aromatic heterocycles. The molecule has 7 heteroatoms. The van der Waals surface area contributed by atoms with Crippen LogP contribution in [0.5, 0.6) is 0 Å². The molecule has 1 spiro atoms. The summed E-state index contributed by atoms with van der Waals surface area (Å²) in [6.07, 6.45) is 5.68. The number of thiophene rings is 1. The first-order valence-electron chi connectivity index (χ1n) is 8.95. The van der Waals surface area contributed by atoms with E-state index in [9.17, 15) is 0 Å². The van der Waals surface area contributed by atoms with Gasteiger partial charge in [0.2, 0.25) is 5.65 Å². The summed E-state index contributed by atoms with van der Waals surface area (Å²) in [7, 11) is 0. The van der Waals surface area contributed by atoms with E-state index in [4.69, 9.17) is 4.74 Å². The van der Waals surface area contributed by atoms with Crippen LogP contribution in [0.15, 0.2) is 23.8 Å². The molecule has 5 rings (SSSR count). The normalized spacial score (nSPS) is 19.5. The third-order valence-electron chi connectivity index (χ3n) is 5.52. The van der Waals surface area contributed by atoms with E-state index in [1.165, 1.54) is 10.4 Å². The van der Waals surface area contributed by atoms with Gasteiger partial charge in [-0.15, -0.1) is 21.5 Å². The highest BCUT2D eigenvalue weighted by atomic mass is 32.1. The van der Waals surface area contributed by atoms with E-state index in [2.05, 4.69) is 44.6 Å². The van der Waals surface area contributed by atoms with Gasteiger partial charge < -0.3 is 9.64 Å². The molecule has 1 fully saturated rings. The molecule has 0 saturated carbocycles. The second-order valence-electron chi connectivity index (χ2n) is 6.81. The van der Waals surface area contributed by atoms with Crippen LogP contribution in [0.4, 0.5) is 5.69 Å². The minimum absolute atomic E-state index is 0.0886. The fourth-order valence-corrected chi connectivity index (χ4v) is 5.10. The van der Waals surface area contributed by atoms with Crippen LogP contribution in [-0.2, 0) is 23.2 Å². The van der Waals surface area contributed by atoms with Gasteiger partial charge in [0.25, 0.3) is 0 Å². The Morgan fingerprint density at radius 1 is 1.32 bits per heavy atom. The minimum Gasteiger partial charge on any atom is -0.370 e. The van der Waals surface area contributed by atoms with Crippen molar-refractivity contribution in [2.45, 2.75) is 38.2 Å². The van der Waals surface area contributed by atoms with Gasteiger partial charge in [-0.2, -0.15) is 9.61 Å². The highest BCUT2D eigenvalue weighted by Gasteiger charge is 2.41. The number of aromatic nitrogens is 4. The van der Waals surface area contributed by atoms with E-state index in [1.54, 1.807) is 10.8 Å². The lowest BCUT2D eigenvalue weighted by Crippen LogP contribution is -2.46. The molecule has 25 heavy (non-hydrogen) atoms. The summed E-state index contributed by atoms with van der Waals surface area (Å²) in [5, 5.41) is 15.1. The van der Waals surface area contributed by atoms with Crippen LogP contribution < -0.4 is 4.90 Å². The smallest absolute Gasteiger partial charge is 0.200 e. The van der Waals surface area contributed by atoms with Crippen LogP contribution in [0.25, 0.3) is 5.65 Å². The molecule has 0 unspecified atom stereocenters. The van der Waals surface area contributed by atoms with Gasteiger partial charge in [0.1, 0.15) is 6.33 Å². The molecule has 3 aromatic rings. The van der Waals surface area contributed by atoms with Crippen molar-refractivity contribution in [1.82, 2.24) is 19.8 Å². The summed E-state index contributed by atoms with van der Waals surface area (Å²) in [6, 6.07) is 4.44. The number of hydrogen-bond donors (Lipinski definition) is 0. The third kappa shape index (κ3) is 2.37. The third-order valence-corrected chi connectivity index (χ3v) is 6.50. The Labute approximate surface area is 150 Å². The topological polar surface area (TPSA) is 55.5 Å². The summed E-state index contributed by atoms with van der Waals surface area (Å²) in [6.45, 7) is 4.90. The Morgan fingerprint density at radius 3 is 3.04 bits per heavy atom. The molecule has 2 aliphatic heterocycles. The molecular weight excluding hydrogens is 334 g/mol. The summed E-state index contributed by atoms with van der Waals surface area (Å²) < 4.78 is 8.13. The number of nitrogens with zero attached hydrogens (tertiary/aromatic N) is 5. The Bertz CT molecular complexity index is 909. The van der Waals surface area contributed by atoms with E-state index in [1.807, 2.05) is 11.3 Å². The molecule has 0 radical (unpaired) electrons. The van der Waals surface area contributed by atoms with Gasteiger partial charge in [0.05, 0.1) is 23.6 Å². The van der Waals surface area contributed by atoms with Crippen LogP contribution >= 0.6 is 11.3 Å². The van der Waals surface area contributed by atoms with Crippen LogP contribution in [0.1, 0.15) is 35.9 Å². The van der Waals surface area contributed by atoms with Gasteiger partial charge in [0.15, 0.2) is 0 Å². The molecule has 1 saturated heterocycles. The Kier molecular flexibility index (Phi) is 3.53. The van der Waals surface area contributed by atoms with Gasteiger partial charge in [-0.05, 0) is 42.3 Å². The average molecular weight is 355 g/mol. The number of hydrogen-bond acceptors (Lipinski definition) is 6. The molecule has 2 aliphatic rings. The zero-order chi connectivity index (χ0) is 16.9. The van der Waals surface area contributed by atoms with Crippen molar-refractivity contribution in [2.75, 3.05) is 24.6 Å². The fourth-order valence-electron chi connectivity index (χ4n) is 4.15. The number of rotatable bonds is 2. The maximum atomic E-state index is 6.33. The summed E-state index contributed by atoms with van der Waals surface area (Å²) in [4.78, 5) is 3.93. The van der Waals surface area contributed by atoms with Gasteiger partial charge in [-0.3, -0.25) is 0 Å². The lowest BCUT2D eigenvalue weighted by Gasteiger charge is -2.44. The number of piperidine rings is 1. The molecule has 0 atom stereocenters. The maximum Gasteiger partial charge on any atom is 0.200 e. The largest absolute Gasteiger partial charge is 0.370 e. The minimum atomic E-state index is -0.0886. The SMILES string of the molecule is CCc1cc(N2CCC3(CC2)OCCc2sccc23)c2nncn2n1. The lowest BCUT2D eigenvalue weighted by molar-refractivity contribution is -0.0756. The summed E-state index contributed by atoms with van der Waals surface area (Å²) >= 11 is 1.87. The Hall–Kier alpha value is -1.99. The monoisotopic (exact) mass is 355 g/mol. The molecular formula is C18H21N5OS. The zero-order valence-corrected chi connectivity index (χ0v) is 15.1. The van der Waals surface area contributed by atoms with E-state index >= 15 is 0 Å². The molecule has 5 heterocycles. The molecule has 0 bridgehead atoms. The predicted octanol–water partition coefficient (Wildman–Crippen LogP) is 2.82. The highest BCUT2D eigenvalue weighted by Crippen LogP contribution is 2.44. The van der Waals surface area contributed by atoms with Crippen molar-refractivity contribution in [3.8, 4) is 0 Å². The first-order valence-corrected chi connectivity index (χ1v) is 9.83. The van der Waals surface area contributed by atoms with Gasteiger partial charge >= 0.3 is 0 Å². The molecule has 0 N–H and O–H groups in total. The first-order chi connectivity index (χ1) is 12.3.